The van der Waals surface area contributed by atoms with Gasteiger partial charge in [-0.2, -0.15) is 0 Å². The molecule has 118 valence electrons. The Morgan fingerprint density at radius 1 is 1.05 bits per heavy atom. The van der Waals surface area contributed by atoms with Gasteiger partial charge in [-0.3, -0.25) is 0 Å². The monoisotopic (exact) mass is 292 g/mol. The maximum absolute atomic E-state index is 12.1. The zero-order valence-electron chi connectivity index (χ0n) is 14.3. The van der Waals surface area contributed by atoms with Crippen LogP contribution in [0.2, 0.25) is 0 Å². The lowest BCUT2D eigenvalue weighted by Gasteiger charge is -2.25. The highest BCUT2D eigenvalue weighted by Gasteiger charge is 2.16. The standard InChI is InChI=1S/C17H28N2O2/c1-10(9-20)19(7)17(21)18-8-16-14(5)12(3)11(2)13(4)15(16)6/h10,20H,8-9H2,1-7H3,(H,18,21). The highest BCUT2D eigenvalue weighted by atomic mass is 16.3. The van der Waals surface area contributed by atoms with Crippen LogP contribution in [-0.4, -0.2) is 35.7 Å². The first-order chi connectivity index (χ1) is 9.72. The van der Waals surface area contributed by atoms with Gasteiger partial charge in [0, 0.05) is 13.6 Å². The molecule has 21 heavy (non-hydrogen) atoms. The van der Waals surface area contributed by atoms with Crippen LogP contribution in [0.1, 0.15) is 40.3 Å². The van der Waals surface area contributed by atoms with Crippen LogP contribution in [0, 0.1) is 34.6 Å². The Hall–Kier alpha value is -1.55. The van der Waals surface area contributed by atoms with Gasteiger partial charge in [-0.25, -0.2) is 4.79 Å². The summed E-state index contributed by atoms with van der Waals surface area (Å²) < 4.78 is 0. The van der Waals surface area contributed by atoms with E-state index in [1.807, 2.05) is 6.92 Å². The van der Waals surface area contributed by atoms with Crippen LogP contribution in [-0.2, 0) is 6.54 Å². The highest BCUT2D eigenvalue weighted by molar-refractivity contribution is 5.74. The van der Waals surface area contributed by atoms with Crippen LogP contribution >= 0.6 is 0 Å². The maximum atomic E-state index is 12.1. The van der Waals surface area contributed by atoms with Crippen LogP contribution in [0.5, 0.6) is 0 Å². The lowest BCUT2D eigenvalue weighted by molar-refractivity contribution is 0.157. The van der Waals surface area contributed by atoms with Gasteiger partial charge < -0.3 is 15.3 Å². The number of urea groups is 1. The fourth-order valence-electron chi connectivity index (χ4n) is 2.45. The van der Waals surface area contributed by atoms with Crippen LogP contribution in [0.4, 0.5) is 4.79 Å². The first-order valence-corrected chi connectivity index (χ1v) is 7.39. The largest absolute Gasteiger partial charge is 0.394 e. The number of nitrogens with zero attached hydrogens (tertiary/aromatic N) is 1. The Bertz CT molecular complexity index is 509. The molecule has 1 rings (SSSR count). The molecule has 0 aliphatic rings. The van der Waals surface area contributed by atoms with Gasteiger partial charge >= 0.3 is 6.03 Å². The second-order valence-corrected chi connectivity index (χ2v) is 5.90. The van der Waals surface area contributed by atoms with E-state index in [2.05, 4.69) is 39.9 Å². The number of hydrogen-bond donors (Lipinski definition) is 2. The molecule has 1 unspecified atom stereocenters. The number of aliphatic hydroxyl groups excluding tert-OH is 1. The van der Waals surface area contributed by atoms with Crippen molar-refractivity contribution in [3.05, 3.63) is 33.4 Å². The number of benzene rings is 1. The van der Waals surface area contributed by atoms with E-state index in [0.717, 1.165) is 0 Å². The average Bonchev–Trinajstić information content (AvgIpc) is 2.49. The zero-order valence-corrected chi connectivity index (χ0v) is 14.3. The number of likely N-dealkylation sites (N-methyl/N-ethyl adjacent to an activating group) is 1. The van der Waals surface area contributed by atoms with Gasteiger partial charge in [-0.1, -0.05) is 0 Å². The third-order valence-electron chi connectivity index (χ3n) is 4.82. The van der Waals surface area contributed by atoms with E-state index in [1.54, 1.807) is 7.05 Å². The zero-order chi connectivity index (χ0) is 16.3. The number of carbonyl (C=O) groups is 1. The van der Waals surface area contributed by atoms with E-state index in [-0.39, 0.29) is 18.7 Å². The summed E-state index contributed by atoms with van der Waals surface area (Å²) in [7, 11) is 1.70. The van der Waals surface area contributed by atoms with Crippen LogP contribution in [0.25, 0.3) is 0 Å². The number of amides is 2. The summed E-state index contributed by atoms with van der Waals surface area (Å²) in [5.41, 5.74) is 7.58. The smallest absolute Gasteiger partial charge is 0.317 e. The summed E-state index contributed by atoms with van der Waals surface area (Å²) >= 11 is 0. The summed E-state index contributed by atoms with van der Waals surface area (Å²) in [5, 5.41) is 12.1. The molecule has 1 atom stereocenters. The van der Waals surface area contributed by atoms with Crippen molar-refractivity contribution in [3.63, 3.8) is 0 Å². The molecule has 0 spiro atoms. The van der Waals surface area contributed by atoms with Crippen LogP contribution < -0.4 is 5.32 Å². The second-order valence-electron chi connectivity index (χ2n) is 5.90. The number of aliphatic hydroxyl groups is 1. The van der Waals surface area contributed by atoms with Gasteiger partial charge in [-0.05, 0) is 74.9 Å². The van der Waals surface area contributed by atoms with E-state index in [1.165, 1.54) is 38.3 Å². The predicted molar refractivity (Wildman–Crippen MR) is 86.7 cm³/mol. The Morgan fingerprint density at radius 3 is 1.90 bits per heavy atom. The molecule has 4 heteroatoms. The summed E-state index contributed by atoms with van der Waals surface area (Å²) in [4.78, 5) is 13.6. The number of rotatable bonds is 4. The average molecular weight is 292 g/mol. The van der Waals surface area contributed by atoms with E-state index >= 15 is 0 Å². The summed E-state index contributed by atoms with van der Waals surface area (Å²) in [5.74, 6) is 0. The molecule has 0 aliphatic carbocycles. The second kappa shape index (κ2) is 6.94. The third-order valence-corrected chi connectivity index (χ3v) is 4.82. The topological polar surface area (TPSA) is 52.6 Å². The van der Waals surface area contributed by atoms with Crippen molar-refractivity contribution in [2.24, 2.45) is 0 Å². The van der Waals surface area contributed by atoms with Gasteiger partial charge in [0.05, 0.1) is 12.6 Å². The minimum absolute atomic E-state index is 0.0370. The molecule has 0 saturated carbocycles. The molecule has 2 amide bonds. The van der Waals surface area contributed by atoms with Crippen LogP contribution in [0.15, 0.2) is 0 Å². The Labute approximate surface area is 128 Å². The molecule has 0 fully saturated rings. The minimum atomic E-state index is -0.186. The SMILES string of the molecule is Cc1c(C)c(C)c(CNC(=O)N(C)C(C)CO)c(C)c1C. The van der Waals surface area contributed by atoms with Gasteiger partial charge in [0.2, 0.25) is 0 Å². The van der Waals surface area contributed by atoms with Crippen molar-refractivity contribution in [1.82, 2.24) is 10.2 Å². The number of hydrogen-bond acceptors (Lipinski definition) is 2. The number of carbonyl (C=O) groups excluding carboxylic acids is 1. The third kappa shape index (κ3) is 3.56. The van der Waals surface area contributed by atoms with Crippen molar-refractivity contribution >= 4 is 6.03 Å². The van der Waals surface area contributed by atoms with E-state index in [9.17, 15) is 4.79 Å². The maximum Gasteiger partial charge on any atom is 0.317 e. The molecular weight excluding hydrogens is 264 g/mol. The van der Waals surface area contributed by atoms with E-state index in [0.29, 0.717) is 6.54 Å². The molecule has 0 heterocycles. The van der Waals surface area contributed by atoms with Crippen molar-refractivity contribution in [1.29, 1.82) is 0 Å². The predicted octanol–water partition coefficient (Wildman–Crippen LogP) is 2.75. The van der Waals surface area contributed by atoms with Gasteiger partial charge in [-0.15, -0.1) is 0 Å². The molecule has 0 aromatic heterocycles. The normalized spacial score (nSPS) is 12.2. The molecule has 2 N–H and O–H groups in total. The van der Waals surface area contributed by atoms with Crippen molar-refractivity contribution in [2.45, 2.75) is 54.1 Å². The first kappa shape index (κ1) is 17.5. The molecule has 4 nitrogen and oxygen atoms in total. The Kier molecular flexibility index (Phi) is 5.78. The molecular formula is C17H28N2O2. The Morgan fingerprint density at radius 2 is 1.48 bits per heavy atom. The number of nitrogens with one attached hydrogen (secondary N) is 1. The van der Waals surface area contributed by atoms with Gasteiger partial charge in [0.1, 0.15) is 0 Å². The van der Waals surface area contributed by atoms with Crippen molar-refractivity contribution < 1.29 is 9.90 Å². The Balaban J connectivity index is 2.93. The quantitative estimate of drug-likeness (QED) is 0.896. The van der Waals surface area contributed by atoms with Crippen molar-refractivity contribution in [2.75, 3.05) is 13.7 Å². The summed E-state index contributed by atoms with van der Waals surface area (Å²) in [6, 6.07) is -0.347. The lowest BCUT2D eigenvalue weighted by atomic mass is 9.89. The highest BCUT2D eigenvalue weighted by Crippen LogP contribution is 2.25. The van der Waals surface area contributed by atoms with Gasteiger partial charge in [0.15, 0.2) is 0 Å². The molecule has 0 bridgehead atoms. The minimum Gasteiger partial charge on any atom is -0.394 e. The van der Waals surface area contributed by atoms with E-state index < -0.39 is 0 Å². The fourth-order valence-corrected chi connectivity index (χ4v) is 2.45. The molecule has 0 aliphatic heterocycles. The first-order valence-electron chi connectivity index (χ1n) is 7.39. The molecule has 1 aromatic rings. The molecule has 0 radical (unpaired) electrons. The summed E-state index contributed by atoms with van der Waals surface area (Å²) in [6.07, 6.45) is 0. The molecule has 0 saturated heterocycles. The van der Waals surface area contributed by atoms with E-state index in [4.69, 9.17) is 5.11 Å². The van der Waals surface area contributed by atoms with Crippen molar-refractivity contribution in [3.8, 4) is 0 Å². The summed E-state index contributed by atoms with van der Waals surface area (Å²) in [6.45, 7) is 12.9. The fraction of sp³-hybridized carbons (Fsp3) is 0.588. The lowest BCUT2D eigenvalue weighted by Crippen LogP contribution is -2.43. The molecule has 1 aromatic carbocycles. The van der Waals surface area contributed by atoms with Crippen LogP contribution in [0.3, 0.4) is 0 Å². The van der Waals surface area contributed by atoms with Gasteiger partial charge in [0.25, 0.3) is 0 Å².